The highest BCUT2D eigenvalue weighted by molar-refractivity contribution is 5.85. The van der Waals surface area contributed by atoms with Crippen molar-refractivity contribution in [3.05, 3.63) is 0 Å². The molecule has 7 heteroatoms. The van der Waals surface area contributed by atoms with E-state index in [1.54, 1.807) is 0 Å². The Morgan fingerprint density at radius 2 is 1.90 bits per heavy atom. The summed E-state index contributed by atoms with van der Waals surface area (Å²) in [4.78, 5) is 12.0. The number of rotatable bonds is 4. The zero-order valence-electron chi connectivity index (χ0n) is 12.2. The van der Waals surface area contributed by atoms with Crippen LogP contribution in [-0.2, 0) is 4.79 Å². The SMILES string of the molecule is CC(C(=O)NCC1CCCCC1C(F)(F)F)C1CNC1.Cl. The molecule has 1 aliphatic heterocycles. The molecular weight excluding hydrogens is 305 g/mol. The van der Waals surface area contributed by atoms with Crippen LogP contribution < -0.4 is 10.6 Å². The summed E-state index contributed by atoms with van der Waals surface area (Å²) in [6.07, 6.45) is -1.91. The van der Waals surface area contributed by atoms with Crippen molar-refractivity contribution in [2.75, 3.05) is 19.6 Å². The summed E-state index contributed by atoms with van der Waals surface area (Å²) >= 11 is 0. The first-order valence-electron chi connectivity index (χ1n) is 7.44. The normalized spacial score (nSPS) is 28.2. The van der Waals surface area contributed by atoms with Crippen LogP contribution in [0, 0.1) is 23.7 Å². The summed E-state index contributed by atoms with van der Waals surface area (Å²) in [5.74, 6) is -1.62. The van der Waals surface area contributed by atoms with Gasteiger partial charge in [0.15, 0.2) is 0 Å². The van der Waals surface area contributed by atoms with E-state index in [4.69, 9.17) is 0 Å². The molecule has 21 heavy (non-hydrogen) atoms. The lowest BCUT2D eigenvalue weighted by molar-refractivity contribution is -0.195. The van der Waals surface area contributed by atoms with Crippen LogP contribution in [0.1, 0.15) is 32.6 Å². The molecule has 1 heterocycles. The Hall–Kier alpha value is -0.490. The maximum absolute atomic E-state index is 12.9. The Balaban J connectivity index is 0.00000220. The van der Waals surface area contributed by atoms with Crippen LogP contribution >= 0.6 is 12.4 Å². The van der Waals surface area contributed by atoms with Gasteiger partial charge in [0.05, 0.1) is 5.92 Å². The van der Waals surface area contributed by atoms with Crippen LogP contribution in [0.4, 0.5) is 13.2 Å². The van der Waals surface area contributed by atoms with Crippen LogP contribution in [0.5, 0.6) is 0 Å². The zero-order chi connectivity index (χ0) is 14.8. The second-order valence-corrected chi connectivity index (χ2v) is 6.14. The smallest absolute Gasteiger partial charge is 0.356 e. The minimum absolute atomic E-state index is 0. The van der Waals surface area contributed by atoms with Gasteiger partial charge >= 0.3 is 6.18 Å². The lowest BCUT2D eigenvalue weighted by atomic mass is 9.78. The van der Waals surface area contributed by atoms with E-state index in [9.17, 15) is 18.0 Å². The van der Waals surface area contributed by atoms with Crippen LogP contribution in [0.25, 0.3) is 0 Å². The Labute approximate surface area is 129 Å². The predicted molar refractivity (Wildman–Crippen MR) is 77.3 cm³/mol. The van der Waals surface area contributed by atoms with Crippen molar-refractivity contribution in [3.63, 3.8) is 0 Å². The average molecular weight is 329 g/mol. The standard InChI is InChI=1S/C14H23F3N2O.ClH/c1-9(11-6-18-7-11)13(20)19-8-10-4-2-3-5-12(10)14(15,16)17;/h9-12,18H,2-8H2,1H3,(H,19,20);1H. The van der Waals surface area contributed by atoms with Crippen LogP contribution in [0.3, 0.4) is 0 Å². The highest BCUT2D eigenvalue weighted by atomic mass is 35.5. The van der Waals surface area contributed by atoms with Crippen LogP contribution in [-0.4, -0.2) is 31.7 Å². The van der Waals surface area contributed by atoms with Gasteiger partial charge in [0.25, 0.3) is 0 Å². The van der Waals surface area contributed by atoms with Gasteiger partial charge in [0, 0.05) is 12.5 Å². The Morgan fingerprint density at radius 3 is 2.43 bits per heavy atom. The molecule has 1 amide bonds. The molecule has 1 aliphatic carbocycles. The summed E-state index contributed by atoms with van der Waals surface area (Å²) in [5, 5.41) is 5.84. The van der Waals surface area contributed by atoms with E-state index in [2.05, 4.69) is 10.6 Å². The lowest BCUT2D eigenvalue weighted by Crippen LogP contribution is -2.50. The number of alkyl halides is 3. The first kappa shape index (κ1) is 18.6. The van der Waals surface area contributed by atoms with Crippen molar-refractivity contribution in [2.45, 2.75) is 38.8 Å². The zero-order valence-corrected chi connectivity index (χ0v) is 13.0. The third-order valence-electron chi connectivity index (χ3n) is 4.80. The fourth-order valence-corrected chi connectivity index (χ4v) is 3.15. The highest BCUT2D eigenvalue weighted by Crippen LogP contribution is 2.41. The van der Waals surface area contributed by atoms with E-state index in [0.717, 1.165) is 19.5 Å². The second kappa shape index (κ2) is 7.68. The minimum atomic E-state index is -4.14. The molecular formula is C14H24ClF3N2O. The second-order valence-electron chi connectivity index (χ2n) is 6.14. The fourth-order valence-electron chi connectivity index (χ4n) is 3.15. The van der Waals surface area contributed by atoms with Crippen LogP contribution in [0.15, 0.2) is 0 Å². The summed E-state index contributed by atoms with van der Waals surface area (Å²) in [6.45, 7) is 3.66. The molecule has 0 bridgehead atoms. The van der Waals surface area contributed by atoms with Crippen molar-refractivity contribution >= 4 is 18.3 Å². The van der Waals surface area contributed by atoms with Gasteiger partial charge < -0.3 is 10.6 Å². The molecule has 1 saturated carbocycles. The first-order valence-corrected chi connectivity index (χ1v) is 7.44. The van der Waals surface area contributed by atoms with Crippen LogP contribution in [0.2, 0.25) is 0 Å². The molecule has 0 aromatic heterocycles. The van der Waals surface area contributed by atoms with Gasteiger partial charge in [-0.25, -0.2) is 0 Å². The number of carbonyl (C=O) groups excluding carboxylic acids is 1. The van der Waals surface area contributed by atoms with Gasteiger partial charge in [-0.3, -0.25) is 4.79 Å². The first-order chi connectivity index (χ1) is 9.39. The molecule has 2 aliphatic rings. The number of amides is 1. The number of hydrogen-bond acceptors (Lipinski definition) is 2. The van der Waals surface area contributed by atoms with Gasteiger partial charge in [-0.2, -0.15) is 13.2 Å². The summed E-state index contributed by atoms with van der Waals surface area (Å²) < 4.78 is 38.8. The third kappa shape index (κ3) is 4.74. The van der Waals surface area contributed by atoms with Crippen molar-refractivity contribution in [1.29, 1.82) is 0 Å². The molecule has 2 N–H and O–H groups in total. The van der Waals surface area contributed by atoms with E-state index < -0.39 is 18.0 Å². The van der Waals surface area contributed by atoms with E-state index in [-0.39, 0.29) is 37.2 Å². The van der Waals surface area contributed by atoms with Gasteiger partial charge in [-0.05, 0) is 37.8 Å². The summed E-state index contributed by atoms with van der Waals surface area (Å²) in [6, 6.07) is 0. The van der Waals surface area contributed by atoms with Gasteiger partial charge in [-0.1, -0.05) is 19.8 Å². The Morgan fingerprint density at radius 1 is 1.29 bits per heavy atom. The number of nitrogens with one attached hydrogen (secondary N) is 2. The Kier molecular flexibility index (Phi) is 6.78. The molecule has 0 radical (unpaired) electrons. The van der Waals surface area contributed by atoms with Crippen molar-refractivity contribution < 1.29 is 18.0 Å². The van der Waals surface area contributed by atoms with Gasteiger partial charge in [0.2, 0.25) is 5.91 Å². The van der Waals surface area contributed by atoms with Gasteiger partial charge in [-0.15, -0.1) is 12.4 Å². The highest BCUT2D eigenvalue weighted by Gasteiger charge is 2.45. The fraction of sp³-hybridized carbons (Fsp3) is 0.929. The van der Waals surface area contributed by atoms with Crippen molar-refractivity contribution in [3.8, 4) is 0 Å². The molecule has 0 aromatic rings. The van der Waals surface area contributed by atoms with E-state index in [1.807, 2.05) is 6.92 Å². The van der Waals surface area contributed by atoms with Crippen molar-refractivity contribution in [2.24, 2.45) is 23.7 Å². The molecule has 2 rings (SSSR count). The van der Waals surface area contributed by atoms with E-state index >= 15 is 0 Å². The molecule has 3 nitrogen and oxygen atoms in total. The third-order valence-corrected chi connectivity index (χ3v) is 4.80. The summed E-state index contributed by atoms with van der Waals surface area (Å²) in [7, 11) is 0. The Bertz CT molecular complexity index is 348. The molecule has 1 saturated heterocycles. The quantitative estimate of drug-likeness (QED) is 0.833. The van der Waals surface area contributed by atoms with Crippen molar-refractivity contribution in [1.82, 2.24) is 10.6 Å². The maximum Gasteiger partial charge on any atom is 0.392 e. The topological polar surface area (TPSA) is 41.1 Å². The van der Waals surface area contributed by atoms with E-state index in [0.29, 0.717) is 18.8 Å². The molecule has 3 atom stereocenters. The average Bonchev–Trinajstić information content (AvgIpc) is 2.33. The number of halogens is 4. The predicted octanol–water partition coefficient (Wildman–Crippen LogP) is 2.75. The molecule has 124 valence electrons. The largest absolute Gasteiger partial charge is 0.392 e. The van der Waals surface area contributed by atoms with Gasteiger partial charge in [0.1, 0.15) is 0 Å². The lowest BCUT2D eigenvalue weighted by Gasteiger charge is -2.35. The minimum Gasteiger partial charge on any atom is -0.356 e. The summed E-state index contributed by atoms with van der Waals surface area (Å²) in [5.41, 5.74) is 0. The molecule has 0 spiro atoms. The molecule has 0 aromatic carbocycles. The van der Waals surface area contributed by atoms with E-state index in [1.165, 1.54) is 0 Å². The molecule has 3 unspecified atom stereocenters. The molecule has 2 fully saturated rings. The monoisotopic (exact) mass is 328 g/mol. The number of hydrogen-bond donors (Lipinski definition) is 2. The number of carbonyl (C=O) groups is 1. The maximum atomic E-state index is 12.9.